The number of urea groups is 1. The lowest BCUT2D eigenvalue weighted by Gasteiger charge is -2.31. The van der Waals surface area contributed by atoms with Crippen LogP contribution in [0.25, 0.3) is 0 Å². The number of nitriles is 1. The summed E-state index contributed by atoms with van der Waals surface area (Å²) in [6, 6.07) is 5.44. The fourth-order valence-electron chi connectivity index (χ4n) is 5.75. The summed E-state index contributed by atoms with van der Waals surface area (Å²) >= 11 is 0. The molecule has 2 aromatic rings. The molecule has 2 aromatic heterocycles. The van der Waals surface area contributed by atoms with Crippen molar-refractivity contribution in [1.29, 1.82) is 5.26 Å². The van der Waals surface area contributed by atoms with Crippen molar-refractivity contribution in [3.63, 3.8) is 0 Å². The number of aldehydes is 1. The van der Waals surface area contributed by atoms with E-state index in [4.69, 9.17) is 9.47 Å². The zero-order valence-electron chi connectivity index (χ0n) is 22.0. The quantitative estimate of drug-likeness (QED) is 0.538. The van der Waals surface area contributed by atoms with E-state index in [0.717, 1.165) is 36.8 Å². The van der Waals surface area contributed by atoms with Gasteiger partial charge in [-0.2, -0.15) is 5.26 Å². The number of ether oxygens (including phenoxy) is 2. The van der Waals surface area contributed by atoms with Gasteiger partial charge in [0, 0.05) is 38.5 Å². The van der Waals surface area contributed by atoms with Gasteiger partial charge in [-0.25, -0.2) is 14.8 Å². The predicted octanol–water partition coefficient (Wildman–Crippen LogP) is 2.86. The highest BCUT2D eigenvalue weighted by Crippen LogP contribution is 2.32. The summed E-state index contributed by atoms with van der Waals surface area (Å²) in [5.74, 6) is 0.971. The molecular weight excluding hydrogens is 500 g/mol. The summed E-state index contributed by atoms with van der Waals surface area (Å²) in [5, 5.41) is 12.5. The lowest BCUT2D eigenvalue weighted by atomic mass is 9.94. The molecule has 39 heavy (non-hydrogen) atoms. The highest BCUT2D eigenvalue weighted by atomic mass is 16.5. The molecule has 3 aliphatic rings. The maximum atomic E-state index is 13.4. The average molecular weight is 533 g/mol. The Kier molecular flexibility index (Phi) is 8.14. The van der Waals surface area contributed by atoms with E-state index in [1.807, 2.05) is 6.07 Å². The Balaban J connectivity index is 1.35. The number of pyridine rings is 2. The van der Waals surface area contributed by atoms with E-state index in [1.54, 1.807) is 18.1 Å². The van der Waals surface area contributed by atoms with Crippen LogP contribution in [0.4, 0.5) is 16.4 Å². The molecule has 2 aliphatic heterocycles. The number of nitrogens with one attached hydrogen (secondary N) is 1. The largest absolute Gasteiger partial charge is 0.381 e. The van der Waals surface area contributed by atoms with E-state index in [2.05, 4.69) is 21.4 Å². The lowest BCUT2D eigenvalue weighted by Crippen LogP contribution is -2.42. The van der Waals surface area contributed by atoms with Crippen LogP contribution in [0.15, 0.2) is 18.3 Å². The molecule has 3 amide bonds. The maximum absolute atomic E-state index is 13.4. The second-order valence-electron chi connectivity index (χ2n) is 10.2. The zero-order valence-corrected chi connectivity index (χ0v) is 22.0. The number of methoxy groups -OCH3 is 1. The van der Waals surface area contributed by atoms with Gasteiger partial charge in [-0.15, -0.1) is 0 Å². The molecule has 1 unspecified atom stereocenters. The number of hydrogen-bond donors (Lipinski definition) is 1. The lowest BCUT2D eigenvalue weighted by molar-refractivity contribution is -0.143. The summed E-state index contributed by atoms with van der Waals surface area (Å²) in [5.41, 5.74) is 3.02. The van der Waals surface area contributed by atoms with E-state index < -0.39 is 6.03 Å². The molecule has 0 spiro atoms. The predicted molar refractivity (Wildman–Crippen MR) is 141 cm³/mol. The van der Waals surface area contributed by atoms with Crippen LogP contribution in [0, 0.1) is 17.2 Å². The number of rotatable bonds is 7. The smallest absolute Gasteiger partial charge is 0.328 e. The highest BCUT2D eigenvalue weighted by molar-refractivity contribution is 6.01. The van der Waals surface area contributed by atoms with Crippen molar-refractivity contribution in [3.8, 4) is 6.07 Å². The van der Waals surface area contributed by atoms with Crippen LogP contribution >= 0.6 is 0 Å². The molecule has 1 aliphatic carbocycles. The van der Waals surface area contributed by atoms with E-state index in [9.17, 15) is 19.6 Å². The average Bonchev–Trinajstić information content (AvgIpc) is 3.40. The molecule has 0 bridgehead atoms. The fourth-order valence-corrected chi connectivity index (χ4v) is 5.75. The third kappa shape index (κ3) is 5.77. The van der Waals surface area contributed by atoms with Gasteiger partial charge >= 0.3 is 6.03 Å². The van der Waals surface area contributed by atoms with Gasteiger partial charge in [0.2, 0.25) is 5.91 Å². The topological polar surface area (TPSA) is 138 Å². The van der Waals surface area contributed by atoms with Crippen LogP contribution < -0.4 is 10.2 Å². The van der Waals surface area contributed by atoms with Gasteiger partial charge in [-0.3, -0.25) is 19.8 Å². The van der Waals surface area contributed by atoms with Gasteiger partial charge in [0.05, 0.1) is 18.3 Å². The number of hydrogen-bond acceptors (Lipinski definition) is 8. The van der Waals surface area contributed by atoms with Crippen LogP contribution in [0.1, 0.15) is 58.4 Å². The number of morpholine rings is 1. The van der Waals surface area contributed by atoms with Gasteiger partial charge in [-0.1, -0.05) is 6.42 Å². The van der Waals surface area contributed by atoms with Gasteiger partial charge in [0.25, 0.3) is 0 Å². The van der Waals surface area contributed by atoms with E-state index in [-0.39, 0.29) is 30.9 Å². The van der Waals surface area contributed by atoms with Crippen LogP contribution in [0.5, 0.6) is 0 Å². The highest BCUT2D eigenvalue weighted by Gasteiger charge is 2.30. The molecule has 2 atom stereocenters. The fraction of sp³-hybridized carbons (Fsp3) is 0.500. The van der Waals surface area contributed by atoms with Crippen LogP contribution in [-0.4, -0.2) is 72.6 Å². The van der Waals surface area contributed by atoms with Gasteiger partial charge < -0.3 is 14.4 Å². The number of nitrogens with zero attached hydrogens (tertiary/aromatic N) is 5. The number of aryl methyl sites for hydroxylation is 1. The standard InChI is InChI=1S/C28H32N6O5/c1-38-24-6-2-4-18(24)10-20-12-25(30-14-22(20)13-29)32-28(37)34-7-3-5-19-11-21(23(16-35)31-27(19)34)15-33-8-9-39-17-26(33)36/h11-12,14,16,18,24H,2-10,15,17H2,1H3,(H,30,32,37)/t18?,24-/m1/s1. The van der Waals surface area contributed by atoms with Crippen molar-refractivity contribution in [3.05, 3.63) is 46.3 Å². The third-order valence-electron chi connectivity index (χ3n) is 7.80. The summed E-state index contributed by atoms with van der Waals surface area (Å²) in [4.78, 5) is 49.5. The molecule has 2 fully saturated rings. The molecule has 1 saturated carbocycles. The van der Waals surface area contributed by atoms with Crippen molar-refractivity contribution in [2.45, 2.75) is 51.2 Å². The number of aromatic nitrogens is 2. The second kappa shape index (κ2) is 11.9. The van der Waals surface area contributed by atoms with Crippen molar-refractivity contribution >= 4 is 29.9 Å². The monoisotopic (exact) mass is 532 g/mol. The van der Waals surface area contributed by atoms with E-state index in [1.165, 1.54) is 11.1 Å². The maximum Gasteiger partial charge on any atom is 0.328 e. The molecule has 204 valence electrons. The first-order chi connectivity index (χ1) is 19.0. The molecule has 0 radical (unpaired) electrons. The number of carbonyl (C=O) groups is 3. The van der Waals surface area contributed by atoms with Crippen LogP contribution in [-0.2, 0) is 33.7 Å². The van der Waals surface area contributed by atoms with Crippen molar-refractivity contribution in [2.75, 3.05) is 43.6 Å². The zero-order chi connectivity index (χ0) is 27.4. The normalized spacial score (nSPS) is 20.9. The Morgan fingerprint density at radius 3 is 2.92 bits per heavy atom. The van der Waals surface area contributed by atoms with E-state index in [0.29, 0.717) is 67.5 Å². The minimum absolute atomic E-state index is 0.0292. The first-order valence-corrected chi connectivity index (χ1v) is 13.3. The van der Waals surface area contributed by atoms with Gasteiger partial charge in [0.1, 0.15) is 30.0 Å². The van der Waals surface area contributed by atoms with Crippen molar-refractivity contribution in [1.82, 2.24) is 14.9 Å². The molecule has 1 saturated heterocycles. The van der Waals surface area contributed by atoms with Crippen molar-refractivity contribution in [2.24, 2.45) is 5.92 Å². The Hall–Kier alpha value is -3.88. The van der Waals surface area contributed by atoms with Crippen molar-refractivity contribution < 1.29 is 23.9 Å². The van der Waals surface area contributed by atoms with Gasteiger partial charge in [-0.05, 0) is 61.3 Å². The minimum Gasteiger partial charge on any atom is -0.381 e. The molecule has 11 heteroatoms. The van der Waals surface area contributed by atoms with E-state index >= 15 is 0 Å². The first-order valence-electron chi connectivity index (χ1n) is 13.3. The molecule has 11 nitrogen and oxygen atoms in total. The molecule has 5 rings (SSSR count). The molecule has 1 N–H and O–H groups in total. The number of anilines is 2. The van der Waals surface area contributed by atoms with Crippen LogP contribution in [0.2, 0.25) is 0 Å². The minimum atomic E-state index is -0.407. The second-order valence-corrected chi connectivity index (χ2v) is 10.2. The Morgan fingerprint density at radius 2 is 2.15 bits per heavy atom. The molecule has 0 aromatic carbocycles. The third-order valence-corrected chi connectivity index (χ3v) is 7.80. The summed E-state index contributed by atoms with van der Waals surface area (Å²) < 4.78 is 10.8. The molecule has 4 heterocycles. The Labute approximate surface area is 227 Å². The number of fused-ring (bicyclic) bond motifs is 1. The summed E-state index contributed by atoms with van der Waals surface area (Å²) in [7, 11) is 1.72. The van der Waals surface area contributed by atoms with Crippen LogP contribution in [0.3, 0.4) is 0 Å². The number of amides is 3. The van der Waals surface area contributed by atoms with Gasteiger partial charge in [0.15, 0.2) is 6.29 Å². The summed E-state index contributed by atoms with van der Waals surface area (Å²) in [6.45, 7) is 1.64. The Morgan fingerprint density at radius 1 is 1.28 bits per heavy atom. The number of carbonyl (C=O) groups excluding carboxylic acids is 3. The SMILES string of the molecule is CO[C@@H]1CCCC1Cc1cc(NC(=O)N2CCCc3cc(CN4CCOCC4=O)c(C=O)nc32)ncc1C#N. The Bertz CT molecular complexity index is 1310. The summed E-state index contributed by atoms with van der Waals surface area (Å²) in [6.07, 6.45) is 7.56. The molecular formula is C28H32N6O5. The first kappa shape index (κ1) is 26.7.